The van der Waals surface area contributed by atoms with Crippen LogP contribution < -0.4 is 19.9 Å². The summed E-state index contributed by atoms with van der Waals surface area (Å²) in [6.45, 7) is 1.21. The highest BCUT2D eigenvalue weighted by Crippen LogP contribution is 2.40. The second-order valence-corrected chi connectivity index (χ2v) is 7.85. The Kier molecular flexibility index (Phi) is 5.44. The first-order chi connectivity index (χ1) is 14.5. The number of amides is 1. The van der Waals surface area contributed by atoms with Crippen LogP contribution in [0.3, 0.4) is 0 Å². The predicted molar refractivity (Wildman–Crippen MR) is 110 cm³/mol. The summed E-state index contributed by atoms with van der Waals surface area (Å²) in [5.41, 5.74) is 0.458. The number of aryl methyl sites for hydroxylation is 1. The SMILES string of the molecule is COc1cc(C(=O)N2CCC(c3nn(C)c(=O)n3C3CC3)CC2)cc(OC)c1OC. The van der Waals surface area contributed by atoms with E-state index in [0.29, 0.717) is 41.9 Å². The molecule has 0 atom stereocenters. The summed E-state index contributed by atoms with van der Waals surface area (Å²) >= 11 is 0. The van der Waals surface area contributed by atoms with Gasteiger partial charge in [0.25, 0.3) is 5.91 Å². The normalized spacial score (nSPS) is 17.1. The zero-order valence-electron chi connectivity index (χ0n) is 17.9. The van der Waals surface area contributed by atoms with Crippen molar-refractivity contribution in [3.63, 3.8) is 0 Å². The average Bonchev–Trinajstić information content (AvgIpc) is 3.57. The van der Waals surface area contributed by atoms with Gasteiger partial charge in [0.05, 0.1) is 21.3 Å². The topological polar surface area (TPSA) is 87.8 Å². The van der Waals surface area contributed by atoms with Crippen LogP contribution in [0, 0.1) is 0 Å². The van der Waals surface area contributed by atoms with E-state index < -0.39 is 0 Å². The minimum atomic E-state index is -0.0756. The minimum absolute atomic E-state index is 0.0385. The second-order valence-electron chi connectivity index (χ2n) is 7.85. The van der Waals surface area contributed by atoms with Gasteiger partial charge in [-0.3, -0.25) is 9.36 Å². The summed E-state index contributed by atoms with van der Waals surface area (Å²) in [5.74, 6) is 2.35. The highest BCUT2D eigenvalue weighted by molar-refractivity contribution is 5.95. The molecule has 2 aromatic rings. The Morgan fingerprint density at radius 2 is 1.60 bits per heavy atom. The lowest BCUT2D eigenvalue weighted by atomic mass is 9.95. The van der Waals surface area contributed by atoms with Crippen LogP contribution in [0.5, 0.6) is 17.2 Å². The Bertz CT molecular complexity index is 974. The van der Waals surface area contributed by atoms with Gasteiger partial charge >= 0.3 is 5.69 Å². The van der Waals surface area contributed by atoms with Crippen LogP contribution in [0.4, 0.5) is 0 Å². The molecule has 0 unspecified atom stereocenters. The van der Waals surface area contributed by atoms with E-state index in [9.17, 15) is 9.59 Å². The average molecular weight is 416 g/mol. The zero-order valence-corrected chi connectivity index (χ0v) is 17.9. The molecule has 1 aliphatic carbocycles. The molecular weight excluding hydrogens is 388 g/mol. The maximum Gasteiger partial charge on any atom is 0.345 e. The molecule has 1 aromatic heterocycles. The number of carbonyl (C=O) groups is 1. The number of likely N-dealkylation sites (tertiary alicyclic amines) is 1. The number of ether oxygens (including phenoxy) is 3. The lowest BCUT2D eigenvalue weighted by Gasteiger charge is -2.32. The van der Waals surface area contributed by atoms with Gasteiger partial charge in [-0.15, -0.1) is 0 Å². The first kappa shape index (κ1) is 20.3. The molecule has 9 nitrogen and oxygen atoms in total. The number of rotatable bonds is 6. The van der Waals surface area contributed by atoms with Crippen molar-refractivity contribution < 1.29 is 19.0 Å². The third kappa shape index (κ3) is 3.53. The van der Waals surface area contributed by atoms with E-state index in [1.807, 2.05) is 9.47 Å². The van der Waals surface area contributed by atoms with Crippen LogP contribution in [0.2, 0.25) is 0 Å². The first-order valence-corrected chi connectivity index (χ1v) is 10.2. The molecule has 0 N–H and O–H groups in total. The number of methoxy groups -OCH3 is 3. The molecular formula is C21H28N4O5. The Morgan fingerprint density at radius 1 is 1.00 bits per heavy atom. The van der Waals surface area contributed by atoms with Crippen molar-refractivity contribution in [2.24, 2.45) is 7.05 Å². The van der Waals surface area contributed by atoms with E-state index in [4.69, 9.17) is 14.2 Å². The van der Waals surface area contributed by atoms with Crippen molar-refractivity contribution in [2.75, 3.05) is 34.4 Å². The van der Waals surface area contributed by atoms with Crippen LogP contribution >= 0.6 is 0 Å². The summed E-state index contributed by atoms with van der Waals surface area (Å²) in [7, 11) is 6.30. The Morgan fingerprint density at radius 3 is 2.10 bits per heavy atom. The highest BCUT2D eigenvalue weighted by Gasteiger charge is 2.34. The Labute approximate surface area is 175 Å². The molecule has 0 bridgehead atoms. The Balaban J connectivity index is 1.50. The van der Waals surface area contributed by atoms with Crippen molar-refractivity contribution >= 4 is 5.91 Å². The third-order valence-corrected chi connectivity index (χ3v) is 5.95. The lowest BCUT2D eigenvalue weighted by Crippen LogP contribution is -2.38. The lowest BCUT2D eigenvalue weighted by molar-refractivity contribution is 0.0709. The molecule has 2 heterocycles. The van der Waals surface area contributed by atoms with Gasteiger partial charge in [0.2, 0.25) is 5.75 Å². The van der Waals surface area contributed by atoms with E-state index in [2.05, 4.69) is 5.10 Å². The van der Waals surface area contributed by atoms with Crippen molar-refractivity contribution in [1.29, 1.82) is 0 Å². The monoisotopic (exact) mass is 416 g/mol. The van der Waals surface area contributed by atoms with Crippen molar-refractivity contribution in [3.8, 4) is 17.2 Å². The molecule has 0 radical (unpaired) electrons. The number of piperidine rings is 1. The van der Waals surface area contributed by atoms with Gasteiger partial charge in [-0.1, -0.05) is 0 Å². The molecule has 4 rings (SSSR count). The molecule has 0 spiro atoms. The highest BCUT2D eigenvalue weighted by atomic mass is 16.5. The molecule has 1 amide bonds. The maximum absolute atomic E-state index is 13.1. The van der Waals surface area contributed by atoms with Crippen LogP contribution in [-0.2, 0) is 7.05 Å². The minimum Gasteiger partial charge on any atom is -0.493 e. The summed E-state index contributed by atoms with van der Waals surface area (Å²) in [5, 5.41) is 4.50. The fraction of sp³-hybridized carbons (Fsp3) is 0.571. The van der Waals surface area contributed by atoms with Gasteiger partial charge in [0, 0.05) is 37.7 Å². The van der Waals surface area contributed by atoms with Crippen LogP contribution in [-0.4, -0.2) is 59.6 Å². The number of hydrogen-bond donors (Lipinski definition) is 0. The largest absolute Gasteiger partial charge is 0.493 e. The zero-order chi connectivity index (χ0) is 21.4. The van der Waals surface area contributed by atoms with Crippen molar-refractivity contribution in [2.45, 2.75) is 37.6 Å². The van der Waals surface area contributed by atoms with E-state index >= 15 is 0 Å². The molecule has 2 fully saturated rings. The first-order valence-electron chi connectivity index (χ1n) is 10.2. The number of hydrogen-bond acceptors (Lipinski definition) is 6. The third-order valence-electron chi connectivity index (χ3n) is 5.95. The fourth-order valence-corrected chi connectivity index (χ4v) is 4.18. The molecule has 1 aliphatic heterocycles. The van der Waals surface area contributed by atoms with Gasteiger partial charge in [-0.05, 0) is 37.8 Å². The van der Waals surface area contributed by atoms with Crippen molar-refractivity contribution in [1.82, 2.24) is 19.2 Å². The van der Waals surface area contributed by atoms with E-state index in [1.165, 1.54) is 26.0 Å². The molecule has 30 heavy (non-hydrogen) atoms. The Hall–Kier alpha value is -2.97. The standard InChI is InChI=1S/C21H28N4O5/c1-23-21(27)25(15-5-6-15)19(22-23)13-7-9-24(10-8-13)20(26)14-11-16(28-2)18(30-4)17(12-14)29-3/h11-13,15H,5-10H2,1-4H3. The smallest absolute Gasteiger partial charge is 0.345 e. The number of nitrogens with zero attached hydrogens (tertiary/aromatic N) is 4. The van der Waals surface area contributed by atoms with Gasteiger partial charge in [-0.25, -0.2) is 9.48 Å². The predicted octanol–water partition coefficient (Wildman–Crippen LogP) is 1.96. The van der Waals surface area contributed by atoms with Crippen LogP contribution in [0.25, 0.3) is 0 Å². The molecule has 1 saturated carbocycles. The fourth-order valence-electron chi connectivity index (χ4n) is 4.18. The maximum atomic E-state index is 13.1. The summed E-state index contributed by atoms with van der Waals surface area (Å²) < 4.78 is 19.4. The van der Waals surface area contributed by atoms with Crippen LogP contribution in [0.1, 0.15) is 53.8 Å². The second kappa shape index (κ2) is 8.04. The van der Waals surface area contributed by atoms with Gasteiger partial charge in [-0.2, -0.15) is 5.10 Å². The molecule has 9 heteroatoms. The summed E-state index contributed by atoms with van der Waals surface area (Å²) in [6.07, 6.45) is 3.63. The van der Waals surface area contributed by atoms with Crippen molar-refractivity contribution in [3.05, 3.63) is 34.0 Å². The molecule has 1 saturated heterocycles. The number of aromatic nitrogens is 3. The van der Waals surface area contributed by atoms with E-state index in [1.54, 1.807) is 19.2 Å². The summed E-state index contributed by atoms with van der Waals surface area (Å²) in [6, 6.07) is 3.65. The molecule has 2 aliphatic rings. The van der Waals surface area contributed by atoms with Gasteiger partial charge in [0.15, 0.2) is 11.5 Å². The quantitative estimate of drug-likeness (QED) is 0.715. The molecule has 1 aromatic carbocycles. The van der Waals surface area contributed by atoms with E-state index in [0.717, 1.165) is 31.5 Å². The van der Waals surface area contributed by atoms with E-state index in [-0.39, 0.29) is 17.5 Å². The number of benzene rings is 1. The summed E-state index contributed by atoms with van der Waals surface area (Å²) in [4.78, 5) is 27.4. The van der Waals surface area contributed by atoms with Gasteiger partial charge in [0.1, 0.15) is 5.82 Å². The molecule has 162 valence electrons. The number of carbonyl (C=O) groups excluding carboxylic acids is 1. The van der Waals surface area contributed by atoms with Crippen LogP contribution in [0.15, 0.2) is 16.9 Å². The van der Waals surface area contributed by atoms with Gasteiger partial charge < -0.3 is 19.1 Å².